The van der Waals surface area contributed by atoms with Crippen molar-refractivity contribution in [2.24, 2.45) is 0 Å². The molecule has 1 aromatic heterocycles. The summed E-state index contributed by atoms with van der Waals surface area (Å²) in [6.07, 6.45) is 8.60. The van der Waals surface area contributed by atoms with E-state index in [4.69, 9.17) is 0 Å². The first kappa shape index (κ1) is 15.7. The predicted molar refractivity (Wildman–Crippen MR) is 80.3 cm³/mol. The Morgan fingerprint density at radius 1 is 1.57 bits per heavy atom. The largest absolute Gasteiger partial charge is 0.480 e. The van der Waals surface area contributed by atoms with Crippen LogP contribution < -0.4 is 10.6 Å². The third-order valence-electron chi connectivity index (χ3n) is 3.85. The summed E-state index contributed by atoms with van der Waals surface area (Å²) in [5.74, 6) is -1.07. The molecule has 1 heterocycles. The lowest BCUT2D eigenvalue weighted by atomic mass is 9.84. The Labute approximate surface area is 127 Å². The number of carbonyl (C=O) groups excluding carboxylic acids is 1. The number of nitrogens with one attached hydrogen (secondary N) is 3. The molecule has 1 saturated carbocycles. The molecular formula is C13H20N4O3S. The van der Waals surface area contributed by atoms with Gasteiger partial charge < -0.3 is 20.7 Å². The van der Waals surface area contributed by atoms with E-state index in [1.165, 1.54) is 12.7 Å². The summed E-state index contributed by atoms with van der Waals surface area (Å²) in [6, 6.07) is -1.42. The first-order chi connectivity index (χ1) is 10.0. The normalized spacial score (nSPS) is 17.6. The summed E-state index contributed by atoms with van der Waals surface area (Å²) in [5.41, 5.74) is 0.669. The number of urea groups is 1. The van der Waals surface area contributed by atoms with E-state index in [0.29, 0.717) is 12.2 Å². The van der Waals surface area contributed by atoms with Crippen LogP contribution in [0.2, 0.25) is 0 Å². The minimum absolute atomic E-state index is 0.124. The smallest absolute Gasteiger partial charge is 0.326 e. The number of carbonyl (C=O) groups is 2. The van der Waals surface area contributed by atoms with Gasteiger partial charge in [0.1, 0.15) is 6.04 Å². The molecule has 0 unspecified atom stereocenters. The van der Waals surface area contributed by atoms with E-state index < -0.39 is 18.0 Å². The average molecular weight is 312 g/mol. The number of carboxylic acid groups (broad SMARTS) is 1. The van der Waals surface area contributed by atoms with E-state index in [9.17, 15) is 14.7 Å². The van der Waals surface area contributed by atoms with Gasteiger partial charge in [0.25, 0.3) is 0 Å². The molecular weight excluding hydrogens is 292 g/mol. The number of hydrogen-bond donors (Lipinski definition) is 4. The number of aromatic amines is 1. The Hall–Kier alpha value is -1.70. The molecule has 1 fully saturated rings. The monoisotopic (exact) mass is 312 g/mol. The van der Waals surface area contributed by atoms with Crippen molar-refractivity contribution in [2.45, 2.75) is 36.5 Å². The molecule has 1 atom stereocenters. The molecule has 2 amide bonds. The Morgan fingerprint density at radius 2 is 2.33 bits per heavy atom. The molecule has 2 rings (SSSR count). The second kappa shape index (κ2) is 6.84. The van der Waals surface area contributed by atoms with E-state index in [2.05, 4.69) is 20.6 Å². The van der Waals surface area contributed by atoms with Crippen LogP contribution in [0.25, 0.3) is 0 Å². The fourth-order valence-electron chi connectivity index (χ4n) is 2.29. The first-order valence-corrected chi connectivity index (χ1v) is 8.07. The minimum Gasteiger partial charge on any atom is -0.480 e. The maximum absolute atomic E-state index is 11.9. The summed E-state index contributed by atoms with van der Waals surface area (Å²) in [6.45, 7) is 0.566. The lowest BCUT2D eigenvalue weighted by Gasteiger charge is -2.40. The number of nitrogens with zero attached hydrogens (tertiary/aromatic N) is 1. The standard InChI is InChI=1S/C13H20N4O3S/c1-21-13(3-2-4-13)7-15-12(20)17-10(11(18)19)5-9-6-14-8-16-9/h6,8,10H,2-5,7H2,1H3,(H,14,16)(H,18,19)(H2,15,17,20)/t10-/m0/s1. The highest BCUT2D eigenvalue weighted by atomic mass is 32.2. The molecule has 1 aliphatic rings. The molecule has 0 bridgehead atoms. The van der Waals surface area contributed by atoms with Gasteiger partial charge in [-0.15, -0.1) is 0 Å². The number of amides is 2. The van der Waals surface area contributed by atoms with Gasteiger partial charge in [0.15, 0.2) is 0 Å². The fourth-order valence-corrected chi connectivity index (χ4v) is 3.20. The van der Waals surface area contributed by atoms with E-state index in [-0.39, 0.29) is 11.2 Å². The summed E-state index contributed by atoms with van der Waals surface area (Å²) in [7, 11) is 0. The van der Waals surface area contributed by atoms with Gasteiger partial charge in [-0.05, 0) is 19.1 Å². The minimum atomic E-state index is -1.07. The third-order valence-corrected chi connectivity index (χ3v) is 5.27. The summed E-state index contributed by atoms with van der Waals surface area (Å²) < 4.78 is 0.124. The quantitative estimate of drug-likeness (QED) is 0.600. The zero-order chi connectivity index (χ0) is 15.3. The number of rotatable bonds is 7. The molecule has 0 spiro atoms. The Balaban J connectivity index is 1.82. The van der Waals surface area contributed by atoms with E-state index in [0.717, 1.165) is 12.8 Å². The van der Waals surface area contributed by atoms with E-state index >= 15 is 0 Å². The van der Waals surface area contributed by atoms with E-state index in [1.807, 2.05) is 6.26 Å². The second-order valence-electron chi connectivity index (χ2n) is 5.24. The SMILES string of the molecule is CSC1(CNC(=O)N[C@@H](Cc2cnc[nH]2)C(=O)O)CCC1. The zero-order valence-electron chi connectivity index (χ0n) is 11.9. The highest BCUT2D eigenvalue weighted by Crippen LogP contribution is 2.42. The van der Waals surface area contributed by atoms with Crippen molar-refractivity contribution >= 4 is 23.8 Å². The number of H-pyrrole nitrogens is 1. The second-order valence-corrected chi connectivity index (χ2v) is 6.51. The van der Waals surface area contributed by atoms with Crippen molar-refractivity contribution < 1.29 is 14.7 Å². The van der Waals surface area contributed by atoms with Gasteiger partial charge in [0.2, 0.25) is 0 Å². The van der Waals surface area contributed by atoms with Gasteiger partial charge in [0, 0.05) is 29.6 Å². The van der Waals surface area contributed by atoms with Gasteiger partial charge in [-0.3, -0.25) is 0 Å². The third kappa shape index (κ3) is 4.13. The Bertz CT molecular complexity index is 482. The topological polar surface area (TPSA) is 107 Å². The average Bonchev–Trinajstić information content (AvgIpc) is 2.90. The molecule has 0 saturated heterocycles. The lowest BCUT2D eigenvalue weighted by Crippen LogP contribution is -2.52. The van der Waals surface area contributed by atoms with Crippen molar-refractivity contribution in [1.29, 1.82) is 0 Å². The van der Waals surface area contributed by atoms with Gasteiger partial charge in [0.05, 0.1) is 6.33 Å². The summed E-state index contributed by atoms with van der Waals surface area (Å²) >= 11 is 1.76. The van der Waals surface area contributed by atoms with Crippen LogP contribution in [0.3, 0.4) is 0 Å². The van der Waals surface area contributed by atoms with Crippen LogP contribution in [0.5, 0.6) is 0 Å². The number of aromatic nitrogens is 2. The van der Waals surface area contributed by atoms with Crippen LogP contribution in [-0.4, -0.2) is 50.7 Å². The van der Waals surface area contributed by atoms with Crippen molar-refractivity contribution in [3.8, 4) is 0 Å². The number of thioether (sulfide) groups is 1. The fraction of sp³-hybridized carbons (Fsp3) is 0.615. The first-order valence-electron chi connectivity index (χ1n) is 6.84. The van der Waals surface area contributed by atoms with Crippen LogP contribution >= 0.6 is 11.8 Å². The molecule has 4 N–H and O–H groups in total. The van der Waals surface area contributed by atoms with Crippen LogP contribution in [0.4, 0.5) is 4.79 Å². The number of hydrogen-bond acceptors (Lipinski definition) is 4. The Kier molecular flexibility index (Phi) is 5.11. The predicted octanol–water partition coefficient (Wildman–Crippen LogP) is 0.990. The maximum Gasteiger partial charge on any atom is 0.326 e. The Morgan fingerprint density at radius 3 is 2.81 bits per heavy atom. The van der Waals surface area contributed by atoms with Crippen molar-refractivity contribution in [1.82, 2.24) is 20.6 Å². The van der Waals surface area contributed by atoms with Crippen molar-refractivity contribution in [3.63, 3.8) is 0 Å². The molecule has 0 radical (unpaired) electrons. The van der Waals surface area contributed by atoms with E-state index in [1.54, 1.807) is 18.0 Å². The van der Waals surface area contributed by atoms with Gasteiger partial charge in [-0.2, -0.15) is 11.8 Å². The van der Waals surface area contributed by atoms with Crippen LogP contribution in [0.15, 0.2) is 12.5 Å². The van der Waals surface area contributed by atoms with Crippen molar-refractivity contribution in [3.05, 3.63) is 18.2 Å². The molecule has 0 aliphatic heterocycles. The molecule has 1 aliphatic carbocycles. The van der Waals surface area contributed by atoms with Gasteiger partial charge in [-0.25, -0.2) is 14.6 Å². The highest BCUT2D eigenvalue weighted by Gasteiger charge is 2.36. The number of imidazole rings is 1. The number of aliphatic carboxylic acids is 1. The van der Waals surface area contributed by atoms with Gasteiger partial charge in [-0.1, -0.05) is 6.42 Å². The highest BCUT2D eigenvalue weighted by molar-refractivity contribution is 8.00. The molecule has 1 aromatic rings. The molecule has 7 nitrogen and oxygen atoms in total. The van der Waals surface area contributed by atoms with Crippen LogP contribution in [-0.2, 0) is 11.2 Å². The summed E-state index contributed by atoms with van der Waals surface area (Å²) in [4.78, 5) is 29.7. The molecule has 21 heavy (non-hydrogen) atoms. The molecule has 0 aromatic carbocycles. The maximum atomic E-state index is 11.9. The molecule has 116 valence electrons. The van der Waals surface area contributed by atoms with Crippen molar-refractivity contribution in [2.75, 3.05) is 12.8 Å². The summed E-state index contributed by atoms with van der Waals surface area (Å²) in [5, 5.41) is 14.4. The zero-order valence-corrected chi connectivity index (χ0v) is 12.7. The van der Waals surface area contributed by atoms with Gasteiger partial charge >= 0.3 is 12.0 Å². The van der Waals surface area contributed by atoms with Crippen LogP contribution in [0.1, 0.15) is 25.0 Å². The lowest BCUT2D eigenvalue weighted by molar-refractivity contribution is -0.139. The van der Waals surface area contributed by atoms with Crippen LogP contribution in [0, 0.1) is 0 Å². The number of carboxylic acids is 1. The molecule has 8 heteroatoms.